The Morgan fingerprint density at radius 1 is 1.50 bits per heavy atom. The van der Waals surface area contributed by atoms with Gasteiger partial charge in [0, 0.05) is 11.4 Å². The summed E-state index contributed by atoms with van der Waals surface area (Å²) in [4.78, 5) is 12.9. The summed E-state index contributed by atoms with van der Waals surface area (Å²) in [5, 5.41) is 12.8. The smallest absolute Gasteiger partial charge is 0.252 e. The lowest BCUT2D eigenvalue weighted by Gasteiger charge is -2.15. The van der Waals surface area contributed by atoms with Crippen LogP contribution in [0.5, 0.6) is 0 Å². The van der Waals surface area contributed by atoms with Crippen LogP contribution in [0.15, 0.2) is 23.1 Å². The molecule has 0 aromatic heterocycles. The van der Waals surface area contributed by atoms with Gasteiger partial charge < -0.3 is 10.4 Å². The predicted octanol–water partition coefficient (Wildman–Crippen LogP) is 2.81. The van der Waals surface area contributed by atoms with Gasteiger partial charge in [-0.05, 0) is 30.4 Å². The Kier molecular flexibility index (Phi) is 5.99. The average molecular weight is 288 g/mol. The second-order valence-corrected chi connectivity index (χ2v) is 5.65. The molecule has 0 aliphatic carbocycles. The lowest BCUT2D eigenvalue weighted by atomic mass is 10.1. The standard InChI is InChI=1S/C13H18ClNO2S/c1-8(2)12(16)7-15-13(17)10-6-9(18-3)4-5-11(10)14/h4-6,8,12,16H,7H2,1-3H3,(H,15,17). The maximum atomic E-state index is 11.9. The van der Waals surface area contributed by atoms with E-state index in [-0.39, 0.29) is 18.4 Å². The van der Waals surface area contributed by atoms with Crippen molar-refractivity contribution in [2.24, 2.45) is 5.92 Å². The SMILES string of the molecule is CSc1ccc(Cl)c(C(=O)NCC(O)C(C)C)c1. The van der Waals surface area contributed by atoms with E-state index in [0.717, 1.165) is 4.90 Å². The Labute approximate surface area is 117 Å². The fourth-order valence-corrected chi connectivity index (χ4v) is 1.98. The lowest BCUT2D eigenvalue weighted by Crippen LogP contribution is -2.34. The molecule has 0 saturated heterocycles. The Balaban J connectivity index is 2.72. The molecule has 0 radical (unpaired) electrons. The van der Waals surface area contributed by atoms with Crippen molar-refractivity contribution >= 4 is 29.3 Å². The normalized spacial score (nSPS) is 12.6. The summed E-state index contributed by atoms with van der Waals surface area (Å²) < 4.78 is 0. The van der Waals surface area contributed by atoms with Crippen LogP contribution < -0.4 is 5.32 Å². The monoisotopic (exact) mass is 287 g/mol. The molecule has 1 aromatic rings. The summed E-state index contributed by atoms with van der Waals surface area (Å²) >= 11 is 7.54. The predicted molar refractivity (Wildman–Crippen MR) is 76.4 cm³/mol. The molecule has 5 heteroatoms. The number of carbonyl (C=O) groups is 1. The second-order valence-electron chi connectivity index (χ2n) is 4.37. The van der Waals surface area contributed by atoms with Crippen LogP contribution in [-0.2, 0) is 0 Å². The van der Waals surface area contributed by atoms with Crippen molar-refractivity contribution in [3.63, 3.8) is 0 Å². The number of rotatable bonds is 5. The van der Waals surface area contributed by atoms with Crippen molar-refractivity contribution in [2.75, 3.05) is 12.8 Å². The summed E-state index contributed by atoms with van der Waals surface area (Å²) in [7, 11) is 0. The van der Waals surface area contributed by atoms with Crippen LogP contribution in [0.2, 0.25) is 5.02 Å². The number of benzene rings is 1. The van der Waals surface area contributed by atoms with Gasteiger partial charge in [-0.25, -0.2) is 0 Å². The van der Waals surface area contributed by atoms with Gasteiger partial charge in [0.05, 0.1) is 16.7 Å². The molecular weight excluding hydrogens is 270 g/mol. The Morgan fingerprint density at radius 2 is 2.17 bits per heavy atom. The van der Waals surface area contributed by atoms with Gasteiger partial charge in [0.25, 0.3) is 5.91 Å². The number of halogens is 1. The molecule has 0 bridgehead atoms. The maximum absolute atomic E-state index is 11.9. The van der Waals surface area contributed by atoms with Gasteiger partial charge in [-0.15, -0.1) is 11.8 Å². The molecule has 100 valence electrons. The second kappa shape index (κ2) is 7.02. The van der Waals surface area contributed by atoms with E-state index in [4.69, 9.17) is 11.6 Å². The lowest BCUT2D eigenvalue weighted by molar-refractivity contribution is 0.0871. The van der Waals surface area contributed by atoms with E-state index in [1.165, 1.54) is 0 Å². The topological polar surface area (TPSA) is 49.3 Å². The van der Waals surface area contributed by atoms with E-state index in [9.17, 15) is 9.90 Å². The van der Waals surface area contributed by atoms with Crippen LogP contribution in [0.1, 0.15) is 24.2 Å². The largest absolute Gasteiger partial charge is 0.391 e. The summed E-state index contributed by atoms with van der Waals surface area (Å²) in [6.07, 6.45) is 1.39. The number of carbonyl (C=O) groups excluding carboxylic acids is 1. The fourth-order valence-electron chi connectivity index (χ4n) is 1.33. The van der Waals surface area contributed by atoms with E-state index in [2.05, 4.69) is 5.32 Å². The zero-order valence-electron chi connectivity index (χ0n) is 10.7. The Morgan fingerprint density at radius 3 is 2.72 bits per heavy atom. The van der Waals surface area contributed by atoms with Crippen LogP contribution in [0.3, 0.4) is 0 Å². The van der Waals surface area contributed by atoms with Gasteiger partial charge in [-0.2, -0.15) is 0 Å². The van der Waals surface area contributed by atoms with Crippen molar-refractivity contribution in [1.82, 2.24) is 5.32 Å². The highest BCUT2D eigenvalue weighted by atomic mass is 35.5. The van der Waals surface area contributed by atoms with Crippen molar-refractivity contribution in [2.45, 2.75) is 24.8 Å². The number of amides is 1. The van der Waals surface area contributed by atoms with E-state index in [1.54, 1.807) is 23.9 Å². The van der Waals surface area contributed by atoms with Crippen molar-refractivity contribution in [1.29, 1.82) is 0 Å². The number of hydrogen-bond acceptors (Lipinski definition) is 3. The summed E-state index contributed by atoms with van der Waals surface area (Å²) in [5.74, 6) is -0.145. The average Bonchev–Trinajstić information content (AvgIpc) is 2.35. The van der Waals surface area contributed by atoms with Gasteiger partial charge in [0.15, 0.2) is 0 Å². The van der Waals surface area contributed by atoms with Gasteiger partial charge >= 0.3 is 0 Å². The van der Waals surface area contributed by atoms with Gasteiger partial charge in [-0.1, -0.05) is 25.4 Å². The van der Waals surface area contributed by atoms with Crippen molar-refractivity contribution < 1.29 is 9.90 Å². The minimum atomic E-state index is -0.545. The number of thioether (sulfide) groups is 1. The highest BCUT2D eigenvalue weighted by Gasteiger charge is 2.14. The molecule has 0 aliphatic rings. The van der Waals surface area contributed by atoms with Gasteiger partial charge in [0.2, 0.25) is 0 Å². The molecular formula is C13H18ClNO2S. The number of aliphatic hydroxyl groups excluding tert-OH is 1. The first-order chi connectivity index (χ1) is 8.45. The summed E-state index contributed by atoms with van der Waals surface area (Å²) in [6, 6.07) is 5.33. The molecule has 1 atom stereocenters. The van der Waals surface area contributed by atoms with Crippen LogP contribution in [0.25, 0.3) is 0 Å². The number of hydrogen-bond donors (Lipinski definition) is 2. The first-order valence-electron chi connectivity index (χ1n) is 5.75. The first kappa shape index (κ1) is 15.3. The van der Waals surface area contributed by atoms with E-state index < -0.39 is 6.10 Å². The third-order valence-corrected chi connectivity index (χ3v) is 3.71. The molecule has 0 heterocycles. The zero-order chi connectivity index (χ0) is 13.7. The molecule has 3 nitrogen and oxygen atoms in total. The first-order valence-corrected chi connectivity index (χ1v) is 7.35. The molecule has 1 aromatic carbocycles. The van der Waals surface area contributed by atoms with Gasteiger partial charge in [0.1, 0.15) is 0 Å². The summed E-state index contributed by atoms with van der Waals surface area (Å²) in [6.45, 7) is 4.03. The molecule has 0 saturated carbocycles. The van der Waals surface area contributed by atoms with E-state index in [1.807, 2.05) is 26.2 Å². The minimum Gasteiger partial charge on any atom is -0.391 e. The van der Waals surface area contributed by atoms with Crippen LogP contribution in [0.4, 0.5) is 0 Å². The highest BCUT2D eigenvalue weighted by molar-refractivity contribution is 7.98. The number of nitrogens with one attached hydrogen (secondary N) is 1. The Hall–Kier alpha value is -0.710. The Bertz CT molecular complexity index is 423. The van der Waals surface area contributed by atoms with Crippen molar-refractivity contribution in [3.05, 3.63) is 28.8 Å². The van der Waals surface area contributed by atoms with E-state index in [0.29, 0.717) is 10.6 Å². The third kappa shape index (κ3) is 4.19. The van der Waals surface area contributed by atoms with Crippen LogP contribution in [0, 0.1) is 5.92 Å². The van der Waals surface area contributed by atoms with Crippen LogP contribution in [-0.4, -0.2) is 29.9 Å². The molecule has 0 fully saturated rings. The molecule has 1 rings (SSSR count). The van der Waals surface area contributed by atoms with Gasteiger partial charge in [-0.3, -0.25) is 4.79 Å². The molecule has 0 spiro atoms. The molecule has 2 N–H and O–H groups in total. The fraction of sp³-hybridized carbons (Fsp3) is 0.462. The third-order valence-electron chi connectivity index (χ3n) is 2.66. The molecule has 18 heavy (non-hydrogen) atoms. The minimum absolute atomic E-state index is 0.110. The molecule has 1 unspecified atom stereocenters. The number of aliphatic hydroxyl groups is 1. The highest BCUT2D eigenvalue weighted by Crippen LogP contribution is 2.22. The quantitative estimate of drug-likeness (QED) is 0.819. The van der Waals surface area contributed by atoms with Crippen LogP contribution >= 0.6 is 23.4 Å². The molecule has 0 aliphatic heterocycles. The van der Waals surface area contributed by atoms with E-state index >= 15 is 0 Å². The zero-order valence-corrected chi connectivity index (χ0v) is 12.3. The maximum Gasteiger partial charge on any atom is 0.252 e. The molecule has 1 amide bonds. The van der Waals surface area contributed by atoms with Crippen molar-refractivity contribution in [3.8, 4) is 0 Å². The summed E-state index contributed by atoms with van der Waals surface area (Å²) in [5.41, 5.74) is 0.444.